The van der Waals surface area contributed by atoms with Crippen LogP contribution in [0.25, 0.3) is 0 Å². The summed E-state index contributed by atoms with van der Waals surface area (Å²) in [4.78, 5) is 3.76. The fourth-order valence-corrected chi connectivity index (χ4v) is 4.40. The summed E-state index contributed by atoms with van der Waals surface area (Å²) in [6.45, 7) is 0.595. The van der Waals surface area contributed by atoms with Gasteiger partial charge in [0.2, 0.25) is 0 Å². The number of aromatic nitrogens is 1. The molecule has 2 rings (SSSR count). The van der Waals surface area contributed by atoms with Crippen LogP contribution in [0.15, 0.2) is 10.4 Å². The van der Waals surface area contributed by atoms with Crippen molar-refractivity contribution < 1.29 is 8.42 Å². The van der Waals surface area contributed by atoms with Gasteiger partial charge in [-0.15, -0.1) is 0 Å². The van der Waals surface area contributed by atoms with Gasteiger partial charge < -0.3 is 0 Å². The van der Waals surface area contributed by atoms with Crippen molar-refractivity contribution in [3.8, 4) is 0 Å². The highest BCUT2D eigenvalue weighted by molar-refractivity contribution is 7.91. The van der Waals surface area contributed by atoms with Crippen molar-refractivity contribution in [3.63, 3.8) is 0 Å². The first-order chi connectivity index (χ1) is 7.50. The van der Waals surface area contributed by atoms with Crippen molar-refractivity contribution in [1.29, 1.82) is 0 Å². The van der Waals surface area contributed by atoms with Gasteiger partial charge >= 0.3 is 0 Å². The van der Waals surface area contributed by atoms with E-state index >= 15 is 0 Å². The van der Waals surface area contributed by atoms with Gasteiger partial charge in [0.05, 0.1) is 6.20 Å². The summed E-state index contributed by atoms with van der Waals surface area (Å²) in [7, 11) is -1.77. The third-order valence-corrected chi connectivity index (χ3v) is 6.24. The Morgan fingerprint density at radius 2 is 2.31 bits per heavy atom. The lowest BCUT2D eigenvalue weighted by molar-refractivity contribution is 0.263. The standard InChI is InChI=1S/C9H13ClN2O2S2/c1-12(6-7-3-2-4-7)16(13,14)8-5-11-9(10)15-8/h5,7H,2-4,6H2,1H3. The van der Waals surface area contributed by atoms with Gasteiger partial charge in [0, 0.05) is 13.6 Å². The molecule has 0 atom stereocenters. The zero-order valence-electron chi connectivity index (χ0n) is 8.89. The zero-order valence-corrected chi connectivity index (χ0v) is 11.3. The van der Waals surface area contributed by atoms with Gasteiger partial charge in [-0.25, -0.2) is 13.4 Å². The number of halogens is 1. The molecule has 0 aliphatic heterocycles. The monoisotopic (exact) mass is 280 g/mol. The molecule has 1 aliphatic rings. The molecule has 0 amide bonds. The van der Waals surface area contributed by atoms with Crippen LogP contribution >= 0.6 is 22.9 Å². The topological polar surface area (TPSA) is 50.3 Å². The number of nitrogens with zero attached hydrogens (tertiary/aromatic N) is 2. The number of hydrogen-bond donors (Lipinski definition) is 0. The predicted molar refractivity (Wildman–Crippen MR) is 64.3 cm³/mol. The maximum atomic E-state index is 12.1. The molecule has 0 N–H and O–H groups in total. The molecule has 7 heteroatoms. The van der Waals surface area contributed by atoms with Crippen LogP contribution in [-0.4, -0.2) is 31.3 Å². The van der Waals surface area contributed by atoms with Crippen molar-refractivity contribution in [2.45, 2.75) is 23.5 Å². The van der Waals surface area contributed by atoms with Gasteiger partial charge in [-0.2, -0.15) is 4.31 Å². The van der Waals surface area contributed by atoms with Crippen molar-refractivity contribution in [2.75, 3.05) is 13.6 Å². The first-order valence-electron chi connectivity index (χ1n) is 5.08. The molecule has 0 radical (unpaired) electrons. The second-order valence-corrected chi connectivity index (χ2v) is 7.90. The van der Waals surface area contributed by atoms with Crippen LogP contribution in [0.1, 0.15) is 19.3 Å². The maximum absolute atomic E-state index is 12.1. The van der Waals surface area contributed by atoms with Crippen LogP contribution in [-0.2, 0) is 10.0 Å². The number of hydrogen-bond acceptors (Lipinski definition) is 4. The highest BCUT2D eigenvalue weighted by Gasteiger charge is 2.28. The largest absolute Gasteiger partial charge is 0.253 e. The highest BCUT2D eigenvalue weighted by atomic mass is 35.5. The van der Waals surface area contributed by atoms with E-state index in [0.29, 0.717) is 12.5 Å². The SMILES string of the molecule is CN(CC1CCC1)S(=O)(=O)c1cnc(Cl)s1. The van der Waals surface area contributed by atoms with Crippen LogP contribution in [0.5, 0.6) is 0 Å². The number of rotatable bonds is 4. The van der Waals surface area contributed by atoms with E-state index in [1.807, 2.05) is 0 Å². The summed E-state index contributed by atoms with van der Waals surface area (Å²) in [6, 6.07) is 0. The Labute approximate surface area is 104 Å². The summed E-state index contributed by atoms with van der Waals surface area (Å²) in [5.41, 5.74) is 0. The lowest BCUT2D eigenvalue weighted by Gasteiger charge is -2.29. The minimum absolute atomic E-state index is 0.222. The summed E-state index contributed by atoms with van der Waals surface area (Å²) in [5.74, 6) is 0.517. The fraction of sp³-hybridized carbons (Fsp3) is 0.667. The van der Waals surface area contributed by atoms with Crippen LogP contribution in [0, 0.1) is 5.92 Å². The first-order valence-corrected chi connectivity index (χ1v) is 7.71. The van der Waals surface area contributed by atoms with E-state index in [2.05, 4.69) is 4.98 Å². The molecule has 1 heterocycles. The molecule has 1 aliphatic carbocycles. The molecule has 90 valence electrons. The maximum Gasteiger partial charge on any atom is 0.253 e. The van der Waals surface area contributed by atoms with Crippen molar-refractivity contribution in [3.05, 3.63) is 10.7 Å². The van der Waals surface area contributed by atoms with Crippen LogP contribution in [0.4, 0.5) is 0 Å². The van der Waals surface area contributed by atoms with Gasteiger partial charge in [-0.1, -0.05) is 29.4 Å². The van der Waals surface area contributed by atoms with E-state index in [1.54, 1.807) is 7.05 Å². The minimum atomic E-state index is -3.38. The molecule has 16 heavy (non-hydrogen) atoms. The molecular formula is C9H13ClN2O2S2. The molecule has 0 saturated heterocycles. The first kappa shape index (κ1) is 12.3. The highest BCUT2D eigenvalue weighted by Crippen LogP contribution is 2.30. The molecule has 0 aromatic carbocycles. The molecule has 0 unspecified atom stereocenters. The molecule has 1 fully saturated rings. The smallest absolute Gasteiger partial charge is 0.232 e. The quantitative estimate of drug-likeness (QED) is 0.850. The fourth-order valence-electron chi connectivity index (χ4n) is 1.65. The molecule has 4 nitrogen and oxygen atoms in total. The lowest BCUT2D eigenvalue weighted by atomic mass is 9.86. The van der Waals surface area contributed by atoms with Crippen molar-refractivity contribution in [1.82, 2.24) is 9.29 Å². The Kier molecular flexibility index (Phi) is 3.53. The summed E-state index contributed by atoms with van der Waals surface area (Å²) in [5, 5.41) is 0. The van der Waals surface area contributed by atoms with E-state index in [0.717, 1.165) is 24.2 Å². The number of sulfonamides is 1. The summed E-state index contributed by atoms with van der Waals surface area (Å²) < 4.78 is 26.0. The van der Waals surface area contributed by atoms with Crippen molar-refractivity contribution >= 4 is 33.0 Å². The second-order valence-electron chi connectivity index (χ2n) is 4.01. The summed E-state index contributed by atoms with van der Waals surface area (Å²) >= 11 is 6.64. The van der Waals surface area contributed by atoms with E-state index in [9.17, 15) is 8.42 Å². The Hall–Kier alpha value is -0.170. The predicted octanol–water partition coefficient (Wildman–Crippen LogP) is 2.22. The van der Waals surface area contributed by atoms with Gasteiger partial charge in [0.15, 0.2) is 8.68 Å². The number of thiazole rings is 1. The second kappa shape index (κ2) is 4.60. The Bertz CT molecular complexity index is 468. The Morgan fingerprint density at radius 3 is 2.75 bits per heavy atom. The van der Waals surface area contributed by atoms with E-state index in [-0.39, 0.29) is 8.68 Å². The average Bonchev–Trinajstić information content (AvgIpc) is 2.58. The molecule has 0 spiro atoms. The molecule has 1 aromatic heterocycles. The van der Waals surface area contributed by atoms with Crippen LogP contribution in [0.3, 0.4) is 0 Å². The van der Waals surface area contributed by atoms with Crippen molar-refractivity contribution in [2.24, 2.45) is 5.92 Å². The van der Waals surface area contributed by atoms with Gasteiger partial charge in [0.1, 0.15) is 0 Å². The molecule has 1 saturated carbocycles. The van der Waals surface area contributed by atoms with Crippen LogP contribution < -0.4 is 0 Å². The minimum Gasteiger partial charge on any atom is -0.232 e. The van der Waals surface area contributed by atoms with Gasteiger partial charge in [0.25, 0.3) is 10.0 Å². The van der Waals surface area contributed by atoms with Crippen LogP contribution in [0.2, 0.25) is 4.47 Å². The average molecular weight is 281 g/mol. The third kappa shape index (κ3) is 2.40. The summed E-state index contributed by atoms with van der Waals surface area (Å²) in [6.07, 6.45) is 4.79. The lowest BCUT2D eigenvalue weighted by Crippen LogP contribution is -2.33. The third-order valence-electron chi connectivity index (χ3n) is 2.86. The van der Waals surface area contributed by atoms with Gasteiger partial charge in [-0.05, 0) is 18.8 Å². The Morgan fingerprint density at radius 1 is 1.62 bits per heavy atom. The van der Waals surface area contributed by atoms with E-state index in [1.165, 1.54) is 16.9 Å². The molecular weight excluding hydrogens is 268 g/mol. The van der Waals surface area contributed by atoms with E-state index in [4.69, 9.17) is 11.6 Å². The Balaban J connectivity index is 2.11. The normalized spacial score (nSPS) is 17.7. The molecule has 0 bridgehead atoms. The van der Waals surface area contributed by atoms with Gasteiger partial charge in [-0.3, -0.25) is 0 Å². The van der Waals surface area contributed by atoms with E-state index < -0.39 is 10.0 Å². The zero-order chi connectivity index (χ0) is 11.8. The molecule has 1 aromatic rings.